The van der Waals surface area contributed by atoms with Gasteiger partial charge in [-0.25, -0.2) is 4.57 Å². The summed E-state index contributed by atoms with van der Waals surface area (Å²) in [7, 11) is 0. The molecule has 1 amide bonds. The third-order valence-corrected chi connectivity index (χ3v) is 7.96. The summed E-state index contributed by atoms with van der Waals surface area (Å²) in [5, 5.41) is 3.10. The molecule has 0 radical (unpaired) electrons. The third-order valence-electron chi connectivity index (χ3n) is 7.96. The van der Waals surface area contributed by atoms with Crippen molar-refractivity contribution in [2.75, 3.05) is 11.9 Å². The molecule has 0 bridgehead atoms. The summed E-state index contributed by atoms with van der Waals surface area (Å²) in [6.07, 6.45) is 19.1. The van der Waals surface area contributed by atoms with Crippen molar-refractivity contribution in [2.24, 2.45) is 0 Å². The van der Waals surface area contributed by atoms with E-state index in [2.05, 4.69) is 74.2 Å². The number of halogens is 1. The summed E-state index contributed by atoms with van der Waals surface area (Å²) in [6, 6.07) is 22.5. The van der Waals surface area contributed by atoms with Crippen LogP contribution in [0.15, 0.2) is 79.1 Å². The van der Waals surface area contributed by atoms with E-state index < -0.39 is 6.10 Å². The smallest absolute Gasteiger partial charge is 0.258 e. The van der Waals surface area contributed by atoms with Gasteiger partial charge >= 0.3 is 0 Å². The zero-order valence-electron chi connectivity index (χ0n) is 27.1. The third kappa shape index (κ3) is 14.2. The quantitative estimate of drug-likeness (QED) is 0.116. The minimum Gasteiger partial charge on any atom is -1.00 e. The number of rotatable bonds is 19. The number of carbonyl (C=O) groups is 1. The van der Waals surface area contributed by atoms with Crippen molar-refractivity contribution in [3.63, 3.8) is 0 Å². The van der Waals surface area contributed by atoms with Gasteiger partial charge < -0.3 is 27.0 Å². The number of hydrogen-bond acceptors (Lipinski definition) is 2. The maximum atomic E-state index is 13.5. The van der Waals surface area contributed by atoms with Crippen molar-refractivity contribution in [3.8, 4) is 0 Å². The second-order valence-corrected chi connectivity index (χ2v) is 12.7. The Balaban J connectivity index is 0.00000645. The SMILES string of the molecule is CCCCCCCCCCCCCCOC(C(=O)Nc1ccc(C[n+]2ccccc2)cc1)c1ccc(C(C)(C)C)cc1.[Br-]. The van der Waals surface area contributed by atoms with E-state index in [1.54, 1.807) is 0 Å². The van der Waals surface area contributed by atoms with Crippen LogP contribution in [0.5, 0.6) is 0 Å². The summed E-state index contributed by atoms with van der Waals surface area (Å²) < 4.78 is 8.40. The Morgan fingerprint density at radius 3 is 1.81 bits per heavy atom. The summed E-state index contributed by atoms with van der Waals surface area (Å²) in [4.78, 5) is 13.5. The second kappa shape index (κ2) is 20.5. The van der Waals surface area contributed by atoms with Gasteiger partial charge in [0.15, 0.2) is 25.0 Å². The van der Waals surface area contributed by atoms with Gasteiger partial charge in [-0.3, -0.25) is 4.79 Å². The maximum Gasteiger partial charge on any atom is 0.258 e. The van der Waals surface area contributed by atoms with Crippen molar-refractivity contribution in [1.29, 1.82) is 0 Å². The molecule has 3 aromatic rings. The molecule has 3 rings (SSSR count). The normalized spacial score (nSPS) is 12.0. The zero-order valence-corrected chi connectivity index (χ0v) is 28.7. The first kappa shape index (κ1) is 36.7. The minimum absolute atomic E-state index is 0. The van der Waals surface area contributed by atoms with Gasteiger partial charge in [0.2, 0.25) is 0 Å². The lowest BCUT2D eigenvalue weighted by atomic mass is 9.86. The number of amides is 1. The maximum absolute atomic E-state index is 13.5. The van der Waals surface area contributed by atoms with Gasteiger partial charge in [0.1, 0.15) is 0 Å². The number of benzene rings is 2. The minimum atomic E-state index is -0.633. The fourth-order valence-electron chi connectivity index (χ4n) is 5.28. The summed E-state index contributed by atoms with van der Waals surface area (Å²) in [5.74, 6) is -0.123. The largest absolute Gasteiger partial charge is 1.00 e. The molecule has 5 heteroatoms. The molecule has 43 heavy (non-hydrogen) atoms. The molecular weight excluding hydrogens is 596 g/mol. The van der Waals surface area contributed by atoms with Crippen molar-refractivity contribution in [1.82, 2.24) is 0 Å². The van der Waals surface area contributed by atoms with Gasteiger partial charge in [-0.1, -0.05) is 141 Å². The Bertz CT molecular complexity index is 1140. The van der Waals surface area contributed by atoms with Crippen LogP contribution in [-0.4, -0.2) is 12.5 Å². The Hall–Kier alpha value is -2.50. The Morgan fingerprint density at radius 2 is 1.28 bits per heavy atom. The fraction of sp³-hybridized carbons (Fsp3) is 0.526. The number of anilines is 1. The van der Waals surface area contributed by atoms with Gasteiger partial charge in [-0.2, -0.15) is 0 Å². The highest BCUT2D eigenvalue weighted by molar-refractivity contribution is 5.94. The lowest BCUT2D eigenvalue weighted by molar-refractivity contribution is -0.688. The summed E-state index contributed by atoms with van der Waals surface area (Å²) >= 11 is 0. The molecule has 236 valence electrons. The topological polar surface area (TPSA) is 42.2 Å². The van der Waals surface area contributed by atoms with Crippen LogP contribution in [0.25, 0.3) is 0 Å². The van der Waals surface area contributed by atoms with E-state index in [-0.39, 0.29) is 28.3 Å². The van der Waals surface area contributed by atoms with Gasteiger partial charge in [0.25, 0.3) is 5.91 Å². The van der Waals surface area contributed by atoms with E-state index in [0.717, 1.165) is 30.6 Å². The van der Waals surface area contributed by atoms with Crippen LogP contribution in [0.3, 0.4) is 0 Å². The molecule has 1 aromatic heterocycles. The summed E-state index contributed by atoms with van der Waals surface area (Å²) in [6.45, 7) is 10.3. The number of unbranched alkanes of at least 4 members (excludes halogenated alkanes) is 11. The van der Waals surface area contributed by atoms with Crippen LogP contribution in [-0.2, 0) is 21.5 Å². The van der Waals surface area contributed by atoms with Crippen molar-refractivity contribution >= 4 is 11.6 Å². The molecule has 0 aliphatic heterocycles. The van der Waals surface area contributed by atoms with E-state index in [0.29, 0.717) is 6.61 Å². The lowest BCUT2D eigenvalue weighted by Gasteiger charge is -2.22. The van der Waals surface area contributed by atoms with Gasteiger partial charge in [0.05, 0.1) is 0 Å². The first-order valence-electron chi connectivity index (χ1n) is 16.4. The van der Waals surface area contributed by atoms with Crippen molar-refractivity contribution in [2.45, 2.75) is 123 Å². The molecule has 0 saturated carbocycles. The standard InChI is InChI=1S/C38H54N2O2.BrH/c1-5-6-7-8-9-10-11-12-13-14-15-19-30-42-36(33-22-24-34(25-23-33)38(2,3)4)37(41)39-35-26-20-32(21-27-35)31-40-28-17-16-18-29-40;/h16-18,20-29,36H,5-15,19,30-31H2,1-4H3;1H. The number of hydrogen-bond donors (Lipinski definition) is 1. The van der Waals surface area contributed by atoms with Crippen LogP contribution in [0.1, 0.15) is 128 Å². The highest BCUT2D eigenvalue weighted by atomic mass is 79.9. The van der Waals surface area contributed by atoms with Gasteiger partial charge in [-0.05, 0) is 35.1 Å². The number of pyridine rings is 1. The molecule has 0 saturated heterocycles. The molecule has 0 fully saturated rings. The van der Waals surface area contributed by atoms with Crippen LogP contribution in [0, 0.1) is 0 Å². The average molecular weight is 652 g/mol. The molecule has 0 spiro atoms. The average Bonchev–Trinajstić information content (AvgIpc) is 2.98. The number of ether oxygens (including phenoxy) is 1. The predicted octanol–water partition coefficient (Wildman–Crippen LogP) is 6.72. The van der Waals surface area contributed by atoms with Crippen LogP contribution < -0.4 is 26.9 Å². The van der Waals surface area contributed by atoms with Crippen LogP contribution in [0.4, 0.5) is 5.69 Å². The number of nitrogens with zero attached hydrogens (tertiary/aromatic N) is 1. The van der Waals surface area contributed by atoms with Crippen LogP contribution in [0.2, 0.25) is 0 Å². The molecule has 4 nitrogen and oxygen atoms in total. The molecule has 1 heterocycles. The van der Waals surface area contributed by atoms with Crippen molar-refractivity contribution < 1.29 is 31.1 Å². The molecule has 0 aliphatic carbocycles. The molecule has 1 atom stereocenters. The second-order valence-electron chi connectivity index (χ2n) is 12.7. The van der Waals surface area contributed by atoms with E-state index in [9.17, 15) is 4.79 Å². The van der Waals surface area contributed by atoms with Crippen LogP contribution >= 0.6 is 0 Å². The summed E-state index contributed by atoms with van der Waals surface area (Å²) in [5.41, 5.74) is 4.18. The van der Waals surface area contributed by atoms with Gasteiger partial charge in [0, 0.05) is 30.0 Å². The molecule has 1 N–H and O–H groups in total. The van der Waals surface area contributed by atoms with E-state index in [1.807, 2.05) is 42.5 Å². The monoisotopic (exact) mass is 650 g/mol. The molecule has 2 aromatic carbocycles. The number of carbonyl (C=O) groups excluding carboxylic acids is 1. The molecular formula is C38H55BrN2O2. The zero-order chi connectivity index (χ0) is 30.0. The van der Waals surface area contributed by atoms with E-state index >= 15 is 0 Å². The highest BCUT2D eigenvalue weighted by Gasteiger charge is 2.23. The predicted molar refractivity (Wildman–Crippen MR) is 176 cm³/mol. The first-order valence-corrected chi connectivity index (χ1v) is 16.4. The molecule has 1 unspecified atom stereocenters. The van der Waals surface area contributed by atoms with Crippen molar-refractivity contribution in [3.05, 3.63) is 95.8 Å². The Labute approximate surface area is 272 Å². The van der Waals surface area contributed by atoms with Gasteiger partial charge in [-0.15, -0.1) is 0 Å². The first-order chi connectivity index (χ1) is 20.4. The number of aromatic nitrogens is 1. The fourth-order valence-corrected chi connectivity index (χ4v) is 5.28. The lowest BCUT2D eigenvalue weighted by Crippen LogP contribution is -3.00. The Kier molecular flexibility index (Phi) is 17.5. The van der Waals surface area contributed by atoms with E-state index in [4.69, 9.17) is 4.74 Å². The molecule has 0 aliphatic rings. The Morgan fingerprint density at radius 1 is 0.744 bits per heavy atom. The van der Waals surface area contributed by atoms with E-state index in [1.165, 1.54) is 75.3 Å². The highest BCUT2D eigenvalue weighted by Crippen LogP contribution is 2.26. The number of nitrogens with one attached hydrogen (secondary N) is 1.